The van der Waals surface area contributed by atoms with Crippen LogP contribution in [0.5, 0.6) is 0 Å². The molecule has 0 bridgehead atoms. The lowest BCUT2D eigenvalue weighted by atomic mass is 10.1. The number of Topliss-reactive ketones (excluding diaryl/α,β-unsaturated/α-hetero) is 1. The van der Waals surface area contributed by atoms with Crippen molar-refractivity contribution in [3.05, 3.63) is 21.3 Å². The van der Waals surface area contributed by atoms with Crippen LogP contribution in [0.3, 0.4) is 0 Å². The number of carbonyl (C=O) groups is 4. The van der Waals surface area contributed by atoms with Gasteiger partial charge in [-0.2, -0.15) is 0 Å². The van der Waals surface area contributed by atoms with Crippen LogP contribution < -0.4 is 0 Å². The summed E-state index contributed by atoms with van der Waals surface area (Å²) in [6, 6.07) is 2.29. The molecule has 9 heteroatoms. The Bertz CT molecular complexity index is 675. The number of rotatable bonds is 6. The first-order chi connectivity index (χ1) is 11.3. The lowest BCUT2D eigenvalue weighted by Crippen LogP contribution is -2.42. The summed E-state index contributed by atoms with van der Waals surface area (Å²) in [6.07, 6.45) is 0.810. The fraction of sp³-hybridized carbons (Fsp3) is 0.467. The van der Waals surface area contributed by atoms with E-state index >= 15 is 0 Å². The van der Waals surface area contributed by atoms with Gasteiger partial charge in [0.15, 0.2) is 10.9 Å². The number of halogens is 1. The summed E-state index contributed by atoms with van der Waals surface area (Å²) in [6.45, 7) is 1.68. The first-order valence-corrected chi connectivity index (χ1v) is 9.36. The molecule has 6 nitrogen and oxygen atoms in total. The second-order valence-corrected chi connectivity index (χ2v) is 8.45. The third-order valence-corrected chi connectivity index (χ3v) is 5.88. The highest BCUT2D eigenvalue weighted by Crippen LogP contribution is 2.29. The van der Waals surface area contributed by atoms with E-state index in [0.29, 0.717) is 28.6 Å². The van der Waals surface area contributed by atoms with Crippen LogP contribution in [-0.2, 0) is 14.4 Å². The minimum absolute atomic E-state index is 0.206. The lowest BCUT2D eigenvalue weighted by Gasteiger charge is -2.23. The molecule has 1 amide bonds. The van der Waals surface area contributed by atoms with Crippen molar-refractivity contribution in [3.63, 3.8) is 0 Å². The topological polar surface area (TPSA) is 91.8 Å². The number of amides is 1. The van der Waals surface area contributed by atoms with Crippen molar-refractivity contribution in [2.75, 3.05) is 6.54 Å². The fourth-order valence-corrected chi connectivity index (χ4v) is 4.56. The zero-order valence-corrected chi connectivity index (χ0v) is 15.2. The Morgan fingerprint density at radius 2 is 2.12 bits per heavy atom. The molecule has 0 aromatic carbocycles. The van der Waals surface area contributed by atoms with Crippen molar-refractivity contribution in [1.82, 2.24) is 4.90 Å². The first-order valence-electron chi connectivity index (χ1n) is 7.28. The molecule has 1 unspecified atom stereocenters. The normalized spacial score (nSPS) is 18.4. The number of carboxylic acid groups (broad SMARTS) is 1. The number of thioether (sulfide) groups is 1. The Labute approximate surface area is 152 Å². The van der Waals surface area contributed by atoms with Gasteiger partial charge >= 0.3 is 5.97 Å². The Morgan fingerprint density at radius 1 is 1.42 bits per heavy atom. The third kappa shape index (κ3) is 4.58. The molecule has 130 valence electrons. The molecule has 2 rings (SSSR count). The summed E-state index contributed by atoms with van der Waals surface area (Å²) in [5.74, 6) is -1.81. The SMILES string of the molecule is CC(=O)SC(CC(=O)N1CCC[C@H]1C(=O)O)C(=O)c1ccc(Cl)s1. The number of aliphatic carboxylic acids is 1. The number of likely N-dealkylation sites (tertiary alicyclic amines) is 1. The molecule has 24 heavy (non-hydrogen) atoms. The van der Waals surface area contributed by atoms with Crippen LogP contribution in [-0.4, -0.2) is 50.6 Å². The maximum atomic E-state index is 12.6. The van der Waals surface area contributed by atoms with E-state index in [-0.39, 0.29) is 17.3 Å². The van der Waals surface area contributed by atoms with Gasteiger partial charge in [-0.1, -0.05) is 23.4 Å². The van der Waals surface area contributed by atoms with Gasteiger partial charge in [-0.3, -0.25) is 14.4 Å². The van der Waals surface area contributed by atoms with E-state index in [2.05, 4.69) is 0 Å². The summed E-state index contributed by atoms with van der Waals surface area (Å²) < 4.78 is 0.446. The third-order valence-electron chi connectivity index (χ3n) is 3.63. The van der Waals surface area contributed by atoms with Crippen LogP contribution in [0.1, 0.15) is 35.9 Å². The molecule has 1 fully saturated rings. The van der Waals surface area contributed by atoms with Gasteiger partial charge in [0.2, 0.25) is 5.91 Å². The van der Waals surface area contributed by atoms with Gasteiger partial charge in [-0.25, -0.2) is 4.79 Å². The van der Waals surface area contributed by atoms with E-state index in [1.54, 1.807) is 12.1 Å². The average molecular weight is 390 g/mol. The van der Waals surface area contributed by atoms with Crippen molar-refractivity contribution in [2.24, 2.45) is 0 Å². The quantitative estimate of drug-likeness (QED) is 0.752. The maximum Gasteiger partial charge on any atom is 0.326 e. The zero-order valence-electron chi connectivity index (χ0n) is 12.9. The largest absolute Gasteiger partial charge is 0.480 e. The van der Waals surface area contributed by atoms with Crippen LogP contribution in [0, 0.1) is 0 Å². The number of nitrogens with zero attached hydrogens (tertiary/aromatic N) is 1. The summed E-state index contributed by atoms with van der Waals surface area (Å²) in [4.78, 5) is 49.3. The van der Waals surface area contributed by atoms with E-state index in [4.69, 9.17) is 16.7 Å². The molecule has 1 aromatic rings. The molecule has 2 heterocycles. The van der Waals surface area contributed by atoms with Gasteiger partial charge in [0.05, 0.1) is 14.5 Å². The van der Waals surface area contributed by atoms with Crippen LogP contribution in [0.15, 0.2) is 12.1 Å². The van der Waals surface area contributed by atoms with Crippen LogP contribution in [0.2, 0.25) is 4.34 Å². The number of ketones is 1. The summed E-state index contributed by atoms with van der Waals surface area (Å²) in [5.41, 5.74) is 0. The van der Waals surface area contributed by atoms with Crippen molar-refractivity contribution >= 4 is 57.5 Å². The zero-order chi connectivity index (χ0) is 17.9. The Balaban J connectivity index is 2.13. The molecule has 0 spiro atoms. The predicted octanol–water partition coefficient (Wildman–Crippen LogP) is 2.70. The van der Waals surface area contributed by atoms with E-state index < -0.39 is 23.2 Å². The van der Waals surface area contributed by atoms with Crippen molar-refractivity contribution < 1.29 is 24.3 Å². The molecule has 1 aliphatic heterocycles. The Morgan fingerprint density at radius 3 is 2.67 bits per heavy atom. The monoisotopic (exact) mass is 389 g/mol. The molecule has 1 aromatic heterocycles. The molecule has 1 saturated heterocycles. The van der Waals surface area contributed by atoms with E-state index in [9.17, 15) is 19.2 Å². The van der Waals surface area contributed by atoms with E-state index in [0.717, 1.165) is 23.1 Å². The van der Waals surface area contributed by atoms with Crippen LogP contribution >= 0.6 is 34.7 Å². The highest BCUT2D eigenvalue weighted by Gasteiger charge is 2.36. The lowest BCUT2D eigenvalue weighted by molar-refractivity contribution is -0.148. The summed E-state index contributed by atoms with van der Waals surface area (Å²) in [7, 11) is 0. The smallest absolute Gasteiger partial charge is 0.326 e. The Kier molecular flexibility index (Phi) is 6.42. The maximum absolute atomic E-state index is 12.6. The highest BCUT2D eigenvalue weighted by molar-refractivity contribution is 8.14. The molecule has 2 atom stereocenters. The number of carbonyl (C=O) groups excluding carboxylic acids is 3. The predicted molar refractivity (Wildman–Crippen MR) is 92.7 cm³/mol. The summed E-state index contributed by atoms with van der Waals surface area (Å²) >= 11 is 7.71. The fourth-order valence-electron chi connectivity index (χ4n) is 2.59. The molecule has 1 N–H and O–H groups in total. The number of hydrogen-bond donors (Lipinski definition) is 1. The number of carboxylic acids is 1. The molecule has 0 saturated carbocycles. The van der Waals surface area contributed by atoms with Gasteiger partial charge in [0, 0.05) is 19.9 Å². The van der Waals surface area contributed by atoms with Crippen molar-refractivity contribution in [1.29, 1.82) is 0 Å². The highest BCUT2D eigenvalue weighted by atomic mass is 35.5. The molecule has 0 radical (unpaired) electrons. The average Bonchev–Trinajstić information content (AvgIpc) is 3.13. The second kappa shape index (κ2) is 8.13. The van der Waals surface area contributed by atoms with Gasteiger partial charge in [-0.05, 0) is 25.0 Å². The molecule has 1 aliphatic rings. The minimum Gasteiger partial charge on any atom is -0.480 e. The minimum atomic E-state index is -1.05. The van der Waals surface area contributed by atoms with Crippen LogP contribution in [0.25, 0.3) is 0 Å². The van der Waals surface area contributed by atoms with Gasteiger partial charge in [-0.15, -0.1) is 11.3 Å². The number of thiophene rings is 1. The molecular formula is C15H16ClNO5S2. The van der Waals surface area contributed by atoms with Crippen molar-refractivity contribution in [3.8, 4) is 0 Å². The molecule has 0 aliphatic carbocycles. The van der Waals surface area contributed by atoms with Crippen molar-refractivity contribution in [2.45, 2.75) is 37.5 Å². The standard InChI is InChI=1S/C15H16ClNO5S2/c1-8(18)23-11(14(20)10-4-5-12(16)24-10)7-13(19)17-6-2-3-9(17)15(21)22/h4-5,9,11H,2-3,6-7H2,1H3,(H,21,22)/t9-,11?/m0/s1. The molecular weight excluding hydrogens is 374 g/mol. The van der Waals surface area contributed by atoms with Gasteiger partial charge in [0.25, 0.3) is 0 Å². The van der Waals surface area contributed by atoms with E-state index in [1.807, 2.05) is 0 Å². The second-order valence-electron chi connectivity index (χ2n) is 5.35. The Hall–Kier alpha value is -1.38. The van der Waals surface area contributed by atoms with Gasteiger partial charge < -0.3 is 10.0 Å². The van der Waals surface area contributed by atoms with E-state index in [1.165, 1.54) is 11.8 Å². The number of hydrogen-bond acceptors (Lipinski definition) is 6. The van der Waals surface area contributed by atoms with Crippen LogP contribution in [0.4, 0.5) is 0 Å². The summed E-state index contributed by atoms with van der Waals surface area (Å²) in [5, 5.41) is 8.02. The van der Waals surface area contributed by atoms with Gasteiger partial charge in [0.1, 0.15) is 6.04 Å². The first kappa shape index (κ1) is 19.0.